The molecule has 0 amide bonds. The van der Waals surface area contributed by atoms with E-state index in [0.717, 1.165) is 12.1 Å². The van der Waals surface area contributed by atoms with Crippen LogP contribution in [-0.2, 0) is 0 Å². The van der Waals surface area contributed by atoms with E-state index in [1.54, 1.807) is 0 Å². The van der Waals surface area contributed by atoms with Crippen molar-refractivity contribution in [2.75, 3.05) is 7.05 Å². The van der Waals surface area contributed by atoms with Crippen molar-refractivity contribution in [2.24, 2.45) is 16.6 Å². The molecule has 1 atom stereocenters. The van der Waals surface area contributed by atoms with E-state index in [-0.39, 0.29) is 0 Å². The Hall–Kier alpha value is -1.51. The molecule has 0 aromatic heterocycles. The lowest BCUT2D eigenvalue weighted by Gasteiger charge is -2.26. The predicted octanol–water partition coefficient (Wildman–Crippen LogP) is 3.51. The minimum absolute atomic E-state index is 0.597. The molecule has 3 nitrogen and oxygen atoms in total. The highest BCUT2D eigenvalue weighted by Crippen LogP contribution is 2.35. The van der Waals surface area contributed by atoms with Crippen LogP contribution in [0.25, 0.3) is 0 Å². The average molecular weight is 261 g/mol. The van der Waals surface area contributed by atoms with Crippen molar-refractivity contribution >= 4 is 6.34 Å². The van der Waals surface area contributed by atoms with Gasteiger partial charge in [-0.1, -0.05) is 11.6 Å². The molecular formula is C16H27N3. The molecule has 19 heavy (non-hydrogen) atoms. The Morgan fingerprint density at radius 2 is 2.26 bits per heavy atom. The minimum atomic E-state index is 0.597. The van der Waals surface area contributed by atoms with E-state index in [9.17, 15) is 0 Å². The van der Waals surface area contributed by atoms with Crippen molar-refractivity contribution in [3.05, 3.63) is 34.7 Å². The Morgan fingerprint density at radius 1 is 1.53 bits per heavy atom. The van der Waals surface area contributed by atoms with Gasteiger partial charge in [0.1, 0.15) is 0 Å². The second kappa shape index (κ2) is 7.82. The lowest BCUT2D eigenvalue weighted by Crippen LogP contribution is -2.12. The van der Waals surface area contributed by atoms with Gasteiger partial charge in [0.25, 0.3) is 0 Å². The molecule has 1 rings (SSSR count). The Labute approximate surface area is 117 Å². The highest BCUT2D eigenvalue weighted by Gasteiger charge is 2.19. The van der Waals surface area contributed by atoms with Gasteiger partial charge in [0.2, 0.25) is 0 Å². The third-order valence-electron chi connectivity index (χ3n) is 3.93. The molecule has 3 N–H and O–H groups in total. The van der Waals surface area contributed by atoms with E-state index in [1.165, 1.54) is 42.4 Å². The molecule has 1 aliphatic carbocycles. The summed E-state index contributed by atoms with van der Waals surface area (Å²) in [6, 6.07) is 0. The van der Waals surface area contributed by atoms with Gasteiger partial charge in [-0.05, 0) is 64.0 Å². The van der Waals surface area contributed by atoms with Crippen LogP contribution in [0.2, 0.25) is 0 Å². The second-order valence-corrected chi connectivity index (χ2v) is 5.14. The molecule has 0 spiro atoms. The first-order valence-corrected chi connectivity index (χ1v) is 7.07. The van der Waals surface area contributed by atoms with Crippen LogP contribution in [0.4, 0.5) is 0 Å². The molecule has 0 aromatic carbocycles. The van der Waals surface area contributed by atoms with Crippen molar-refractivity contribution in [3.8, 4) is 0 Å². The van der Waals surface area contributed by atoms with Crippen molar-refractivity contribution in [1.82, 2.24) is 5.32 Å². The molecule has 106 valence electrons. The van der Waals surface area contributed by atoms with E-state index < -0.39 is 0 Å². The third kappa shape index (κ3) is 4.58. The van der Waals surface area contributed by atoms with Gasteiger partial charge in [-0.3, -0.25) is 0 Å². The summed E-state index contributed by atoms with van der Waals surface area (Å²) in [5.41, 5.74) is 10.7. The van der Waals surface area contributed by atoms with Crippen LogP contribution in [0.5, 0.6) is 0 Å². The number of rotatable bonds is 5. The maximum atomic E-state index is 5.39. The number of allylic oxidation sites excluding steroid dienone is 6. The largest absolute Gasteiger partial charge is 0.392 e. The molecule has 0 aromatic rings. The number of aliphatic imine (C=N–C) groups is 1. The first-order valence-electron chi connectivity index (χ1n) is 7.07. The number of hydrogen-bond donors (Lipinski definition) is 2. The molecule has 0 radical (unpaired) electrons. The second-order valence-electron chi connectivity index (χ2n) is 5.14. The van der Waals surface area contributed by atoms with Crippen LogP contribution in [0, 0.1) is 5.92 Å². The van der Waals surface area contributed by atoms with Crippen LogP contribution in [0.3, 0.4) is 0 Å². The smallest absolute Gasteiger partial charge is 0.0856 e. The lowest BCUT2D eigenvalue weighted by atomic mass is 9.81. The fourth-order valence-electron chi connectivity index (χ4n) is 2.58. The fraction of sp³-hybridized carbons (Fsp3) is 0.562. The topological polar surface area (TPSA) is 50.4 Å². The van der Waals surface area contributed by atoms with Gasteiger partial charge in [-0.15, -0.1) is 0 Å². The Morgan fingerprint density at radius 3 is 2.84 bits per heavy atom. The van der Waals surface area contributed by atoms with Gasteiger partial charge in [-0.25, -0.2) is 4.99 Å². The first-order chi connectivity index (χ1) is 9.12. The SMILES string of the molecule is C/C=C(CC1CCCC(/C=C(\C)NC)=C1C)\N=C/N. The average Bonchev–Trinajstić information content (AvgIpc) is 2.42. The first kappa shape index (κ1) is 15.5. The standard InChI is InChI=1S/C16H27N3/c1-5-16(19-11-17)10-15-8-6-7-14(13(15)3)9-12(2)18-4/h5,9,11,15,18H,6-8,10H2,1-4H3,(H2,17,19)/b12-9+,16-5-. The minimum Gasteiger partial charge on any atom is -0.392 e. The van der Waals surface area contributed by atoms with Gasteiger partial charge < -0.3 is 11.1 Å². The van der Waals surface area contributed by atoms with Crippen molar-refractivity contribution in [1.29, 1.82) is 0 Å². The van der Waals surface area contributed by atoms with Crippen LogP contribution >= 0.6 is 0 Å². The third-order valence-corrected chi connectivity index (χ3v) is 3.93. The zero-order valence-electron chi connectivity index (χ0n) is 12.7. The summed E-state index contributed by atoms with van der Waals surface area (Å²) in [6.45, 7) is 6.40. The van der Waals surface area contributed by atoms with Gasteiger partial charge >= 0.3 is 0 Å². The van der Waals surface area contributed by atoms with E-state index in [4.69, 9.17) is 5.73 Å². The summed E-state index contributed by atoms with van der Waals surface area (Å²) < 4.78 is 0. The van der Waals surface area contributed by atoms with Crippen molar-refractivity contribution < 1.29 is 0 Å². The van der Waals surface area contributed by atoms with E-state index in [2.05, 4.69) is 36.3 Å². The predicted molar refractivity (Wildman–Crippen MR) is 83.9 cm³/mol. The molecule has 1 aliphatic rings. The van der Waals surface area contributed by atoms with Crippen LogP contribution < -0.4 is 11.1 Å². The Bertz CT molecular complexity index is 414. The quantitative estimate of drug-likeness (QED) is 0.588. The molecule has 0 aliphatic heterocycles. The lowest BCUT2D eigenvalue weighted by molar-refractivity contribution is 0.496. The molecule has 0 heterocycles. The van der Waals surface area contributed by atoms with E-state index in [1.807, 2.05) is 14.0 Å². The normalized spacial score (nSPS) is 22.2. The Kier molecular flexibility index (Phi) is 6.40. The number of nitrogens with one attached hydrogen (secondary N) is 1. The van der Waals surface area contributed by atoms with Crippen LogP contribution in [-0.4, -0.2) is 13.4 Å². The summed E-state index contributed by atoms with van der Waals surface area (Å²) in [5.74, 6) is 0.597. The maximum absolute atomic E-state index is 5.39. The maximum Gasteiger partial charge on any atom is 0.0856 e. The zero-order valence-corrected chi connectivity index (χ0v) is 12.7. The summed E-state index contributed by atoms with van der Waals surface area (Å²) in [7, 11) is 1.97. The summed E-state index contributed by atoms with van der Waals surface area (Å²) in [4.78, 5) is 4.24. The molecule has 0 fully saturated rings. The molecule has 0 bridgehead atoms. The number of nitrogens with zero attached hydrogens (tertiary/aromatic N) is 1. The molecule has 0 saturated heterocycles. The highest BCUT2D eigenvalue weighted by atomic mass is 14.8. The summed E-state index contributed by atoms with van der Waals surface area (Å²) in [5, 5.41) is 3.20. The van der Waals surface area contributed by atoms with Gasteiger partial charge in [0.05, 0.1) is 6.34 Å². The zero-order chi connectivity index (χ0) is 14.3. The van der Waals surface area contributed by atoms with Crippen LogP contribution in [0.15, 0.2) is 39.7 Å². The monoisotopic (exact) mass is 261 g/mol. The number of nitrogens with two attached hydrogens (primary N) is 1. The molecule has 0 saturated carbocycles. The van der Waals surface area contributed by atoms with E-state index in [0.29, 0.717) is 5.92 Å². The number of hydrogen-bond acceptors (Lipinski definition) is 2. The summed E-state index contributed by atoms with van der Waals surface area (Å²) >= 11 is 0. The van der Waals surface area contributed by atoms with Gasteiger partial charge in [-0.2, -0.15) is 0 Å². The molecular weight excluding hydrogens is 234 g/mol. The molecule has 1 unspecified atom stereocenters. The van der Waals surface area contributed by atoms with Crippen molar-refractivity contribution in [3.63, 3.8) is 0 Å². The summed E-state index contributed by atoms with van der Waals surface area (Å²) in [6.07, 6.45) is 10.4. The van der Waals surface area contributed by atoms with Gasteiger partial charge in [0, 0.05) is 18.4 Å². The molecule has 3 heteroatoms. The fourth-order valence-corrected chi connectivity index (χ4v) is 2.58. The van der Waals surface area contributed by atoms with Crippen molar-refractivity contribution in [2.45, 2.75) is 46.5 Å². The Balaban J connectivity index is 2.88. The highest BCUT2D eigenvalue weighted by molar-refractivity contribution is 5.53. The van der Waals surface area contributed by atoms with Crippen LogP contribution in [0.1, 0.15) is 46.5 Å². The van der Waals surface area contributed by atoms with Gasteiger partial charge in [0.15, 0.2) is 0 Å². The van der Waals surface area contributed by atoms with E-state index >= 15 is 0 Å².